The lowest BCUT2D eigenvalue weighted by Gasteiger charge is -2.37. The number of nitrogens with two attached hydrogens (primary N) is 1. The molecule has 2 aliphatic rings. The van der Waals surface area contributed by atoms with Gasteiger partial charge in [0.1, 0.15) is 0 Å². The second-order valence-corrected chi connectivity index (χ2v) is 11.1. The van der Waals surface area contributed by atoms with Crippen LogP contribution in [0.5, 0.6) is 0 Å². The molecule has 2 N–H and O–H groups in total. The Balaban J connectivity index is 1.53. The SMILES string of the molecule is NS(=O)(=O)c1ccccc1C1Cc2cc(C(=O)N3CCCCC3)ccc2N(Cc2ccccc2)C1. The van der Waals surface area contributed by atoms with Crippen molar-refractivity contribution in [2.24, 2.45) is 5.14 Å². The number of carbonyl (C=O) groups excluding carboxylic acids is 1. The van der Waals surface area contributed by atoms with E-state index in [1.807, 2.05) is 47.4 Å². The maximum absolute atomic E-state index is 13.2. The minimum absolute atomic E-state index is 0.0684. The van der Waals surface area contributed by atoms with Crippen LogP contribution < -0.4 is 10.0 Å². The largest absolute Gasteiger partial charge is 0.366 e. The number of sulfonamides is 1. The van der Waals surface area contributed by atoms with Crippen LogP contribution in [0.3, 0.4) is 0 Å². The van der Waals surface area contributed by atoms with Crippen molar-refractivity contribution in [3.63, 3.8) is 0 Å². The quantitative estimate of drug-likeness (QED) is 0.579. The molecule has 0 bridgehead atoms. The molecule has 182 valence electrons. The molecule has 1 amide bonds. The van der Waals surface area contributed by atoms with Crippen LogP contribution in [0, 0.1) is 0 Å². The fourth-order valence-electron chi connectivity index (χ4n) is 5.40. The van der Waals surface area contributed by atoms with E-state index in [-0.39, 0.29) is 16.7 Å². The Kier molecular flexibility index (Phi) is 6.62. The van der Waals surface area contributed by atoms with Crippen LogP contribution in [0.4, 0.5) is 5.69 Å². The maximum Gasteiger partial charge on any atom is 0.253 e. The van der Waals surface area contributed by atoms with Crippen LogP contribution in [0.1, 0.15) is 52.2 Å². The van der Waals surface area contributed by atoms with E-state index in [9.17, 15) is 13.2 Å². The summed E-state index contributed by atoms with van der Waals surface area (Å²) in [6.07, 6.45) is 3.92. The van der Waals surface area contributed by atoms with Gasteiger partial charge in [-0.15, -0.1) is 0 Å². The van der Waals surface area contributed by atoms with Crippen molar-refractivity contribution in [1.82, 2.24) is 4.90 Å². The monoisotopic (exact) mass is 489 g/mol. The first-order valence-electron chi connectivity index (χ1n) is 12.2. The molecule has 3 aromatic rings. The van der Waals surface area contributed by atoms with E-state index in [2.05, 4.69) is 23.1 Å². The molecular weight excluding hydrogens is 458 g/mol. The van der Waals surface area contributed by atoms with Crippen molar-refractivity contribution in [3.05, 3.63) is 95.1 Å². The Bertz CT molecular complexity index is 1320. The zero-order valence-corrected chi connectivity index (χ0v) is 20.6. The summed E-state index contributed by atoms with van der Waals surface area (Å²) < 4.78 is 24.7. The topological polar surface area (TPSA) is 83.7 Å². The van der Waals surface area contributed by atoms with E-state index in [0.29, 0.717) is 25.1 Å². The highest BCUT2D eigenvalue weighted by atomic mass is 32.2. The van der Waals surface area contributed by atoms with Gasteiger partial charge in [-0.1, -0.05) is 48.5 Å². The Hall–Kier alpha value is -3.16. The minimum Gasteiger partial charge on any atom is -0.366 e. The highest BCUT2D eigenvalue weighted by Crippen LogP contribution is 2.38. The van der Waals surface area contributed by atoms with Gasteiger partial charge in [0.05, 0.1) is 4.90 Å². The van der Waals surface area contributed by atoms with Crippen LogP contribution in [-0.4, -0.2) is 38.9 Å². The Morgan fingerprint density at radius 2 is 1.63 bits per heavy atom. The highest BCUT2D eigenvalue weighted by molar-refractivity contribution is 7.89. The van der Waals surface area contributed by atoms with Crippen LogP contribution in [0.2, 0.25) is 0 Å². The van der Waals surface area contributed by atoms with Crippen molar-refractivity contribution in [1.29, 1.82) is 0 Å². The molecule has 35 heavy (non-hydrogen) atoms. The highest BCUT2D eigenvalue weighted by Gasteiger charge is 2.30. The molecule has 2 heterocycles. The summed E-state index contributed by atoms with van der Waals surface area (Å²) in [4.78, 5) is 17.6. The number of likely N-dealkylation sites (tertiary alicyclic amines) is 1. The lowest BCUT2D eigenvalue weighted by Crippen LogP contribution is -2.37. The molecule has 0 saturated carbocycles. The Morgan fingerprint density at radius 1 is 0.914 bits per heavy atom. The Morgan fingerprint density at radius 3 is 2.37 bits per heavy atom. The third-order valence-corrected chi connectivity index (χ3v) is 8.08. The summed E-state index contributed by atoms with van der Waals surface area (Å²) in [7, 11) is -3.85. The van der Waals surface area contributed by atoms with E-state index < -0.39 is 10.0 Å². The molecule has 0 radical (unpaired) electrons. The second-order valence-electron chi connectivity index (χ2n) is 9.55. The van der Waals surface area contributed by atoms with Crippen LogP contribution in [0.25, 0.3) is 0 Å². The molecular formula is C28H31N3O3S. The van der Waals surface area contributed by atoms with Gasteiger partial charge < -0.3 is 9.80 Å². The van der Waals surface area contributed by atoms with Gasteiger partial charge in [0.25, 0.3) is 5.91 Å². The van der Waals surface area contributed by atoms with E-state index in [1.165, 1.54) is 12.0 Å². The normalized spacial score (nSPS) is 18.3. The summed E-state index contributed by atoms with van der Waals surface area (Å²) in [6, 6.07) is 23.2. The zero-order chi connectivity index (χ0) is 24.4. The Labute approximate surface area is 207 Å². The zero-order valence-electron chi connectivity index (χ0n) is 19.8. The number of carbonyl (C=O) groups is 1. The van der Waals surface area contributed by atoms with Crippen LogP contribution >= 0.6 is 0 Å². The molecule has 0 aliphatic carbocycles. The fraction of sp³-hybridized carbons (Fsp3) is 0.321. The molecule has 1 unspecified atom stereocenters. The maximum atomic E-state index is 13.2. The molecule has 6 nitrogen and oxygen atoms in total. The average molecular weight is 490 g/mol. The van der Waals surface area contributed by atoms with Gasteiger partial charge in [-0.25, -0.2) is 13.6 Å². The molecule has 1 fully saturated rings. The number of amides is 1. The molecule has 0 spiro atoms. The first-order valence-corrected chi connectivity index (χ1v) is 13.8. The number of nitrogens with zero attached hydrogens (tertiary/aromatic N) is 2. The summed E-state index contributed by atoms with van der Waals surface area (Å²) in [5.41, 5.74) is 4.75. The molecule has 0 aromatic heterocycles. The molecule has 5 rings (SSSR count). The summed E-state index contributed by atoms with van der Waals surface area (Å²) >= 11 is 0. The molecule has 2 aliphatic heterocycles. The van der Waals surface area contributed by atoms with Gasteiger partial charge in [-0.3, -0.25) is 4.79 Å². The van der Waals surface area contributed by atoms with Gasteiger partial charge in [0, 0.05) is 43.3 Å². The number of rotatable bonds is 5. The predicted octanol–water partition coefficient (Wildman–Crippen LogP) is 4.31. The molecule has 1 saturated heterocycles. The summed E-state index contributed by atoms with van der Waals surface area (Å²) in [6.45, 7) is 2.97. The van der Waals surface area contributed by atoms with Crippen LogP contribution in [0.15, 0.2) is 77.7 Å². The van der Waals surface area contributed by atoms with E-state index >= 15 is 0 Å². The lowest BCUT2D eigenvalue weighted by molar-refractivity contribution is 0.0724. The van der Waals surface area contributed by atoms with Crippen molar-refractivity contribution >= 4 is 21.6 Å². The average Bonchev–Trinajstić information content (AvgIpc) is 2.88. The fourth-order valence-corrected chi connectivity index (χ4v) is 6.23. The summed E-state index contributed by atoms with van der Waals surface area (Å²) in [5.74, 6) is 0.00949. The molecule has 3 aromatic carbocycles. The van der Waals surface area contributed by atoms with Gasteiger partial charge in [-0.2, -0.15) is 0 Å². The van der Waals surface area contributed by atoms with Crippen LogP contribution in [-0.2, 0) is 23.0 Å². The molecule has 7 heteroatoms. The van der Waals surface area contributed by atoms with E-state index in [0.717, 1.165) is 42.7 Å². The lowest BCUT2D eigenvalue weighted by atomic mass is 9.86. The van der Waals surface area contributed by atoms with E-state index in [4.69, 9.17) is 5.14 Å². The van der Waals surface area contributed by atoms with E-state index in [1.54, 1.807) is 12.1 Å². The van der Waals surface area contributed by atoms with Gasteiger partial charge >= 0.3 is 0 Å². The number of anilines is 1. The number of fused-ring (bicyclic) bond motifs is 1. The number of primary sulfonamides is 1. The van der Waals surface area contributed by atoms with Crippen molar-refractivity contribution < 1.29 is 13.2 Å². The smallest absolute Gasteiger partial charge is 0.253 e. The summed E-state index contributed by atoms with van der Waals surface area (Å²) in [5, 5.41) is 5.57. The van der Waals surface area contributed by atoms with Gasteiger partial charge in [0.15, 0.2) is 0 Å². The van der Waals surface area contributed by atoms with Gasteiger partial charge in [0.2, 0.25) is 10.0 Å². The van der Waals surface area contributed by atoms with Crippen molar-refractivity contribution in [3.8, 4) is 0 Å². The second kappa shape index (κ2) is 9.84. The minimum atomic E-state index is -3.85. The van der Waals surface area contributed by atoms with Crippen molar-refractivity contribution in [2.75, 3.05) is 24.5 Å². The van der Waals surface area contributed by atoms with Gasteiger partial charge in [-0.05, 0) is 66.6 Å². The number of benzene rings is 3. The number of hydrogen-bond donors (Lipinski definition) is 1. The first-order chi connectivity index (χ1) is 16.9. The van der Waals surface area contributed by atoms with Crippen molar-refractivity contribution in [2.45, 2.75) is 43.0 Å². The number of hydrogen-bond acceptors (Lipinski definition) is 4. The third-order valence-electron chi connectivity index (χ3n) is 7.10. The predicted molar refractivity (Wildman–Crippen MR) is 138 cm³/mol. The third kappa shape index (κ3) is 5.11. The molecule has 1 atom stereocenters. The standard InChI is InChI=1S/C28H31N3O3S/c29-35(33,34)27-12-6-5-11-25(27)24-18-23-17-22(28(32)30-15-7-2-8-16-30)13-14-26(23)31(20-24)19-21-9-3-1-4-10-21/h1,3-6,9-14,17,24H,2,7-8,15-16,18-20H2,(H2,29,33,34). The number of piperidine rings is 1. The first kappa shape index (κ1) is 23.6.